The monoisotopic (exact) mass is 433 g/mol. The maximum absolute atomic E-state index is 11.7. The smallest absolute Gasteiger partial charge is 0.407 e. The molecule has 0 bridgehead atoms. The van der Waals surface area contributed by atoms with Crippen molar-refractivity contribution in [3.8, 4) is 0 Å². The van der Waals surface area contributed by atoms with Crippen molar-refractivity contribution in [3.05, 3.63) is 35.4 Å². The summed E-state index contributed by atoms with van der Waals surface area (Å²) in [5.41, 5.74) is 2.02. The van der Waals surface area contributed by atoms with E-state index in [9.17, 15) is 4.79 Å². The fraction of sp³-hybridized carbons (Fsp3) is 0.652. The van der Waals surface area contributed by atoms with Gasteiger partial charge in [0, 0.05) is 39.3 Å². The predicted octanol–water partition coefficient (Wildman–Crippen LogP) is 2.49. The van der Waals surface area contributed by atoms with Gasteiger partial charge in [-0.15, -0.1) is 0 Å². The van der Waals surface area contributed by atoms with E-state index in [0.717, 1.165) is 51.8 Å². The zero-order valence-electron chi connectivity index (χ0n) is 19.5. The van der Waals surface area contributed by atoms with Crippen LogP contribution >= 0.6 is 0 Å². The molecule has 1 heterocycles. The molecule has 8 heteroatoms. The Kier molecular flexibility index (Phi) is 10.6. The highest BCUT2D eigenvalue weighted by molar-refractivity contribution is 5.79. The first-order valence-electron chi connectivity index (χ1n) is 11.2. The summed E-state index contributed by atoms with van der Waals surface area (Å²) in [6.45, 7) is 14.8. The summed E-state index contributed by atoms with van der Waals surface area (Å²) < 4.78 is 10.7. The standard InChI is InChI=1S/C23H39N5O3/c1-5-24-21(25-10-7-11-26-22(29)31-23(2,3)4)27-17-19-8-6-9-20(16-19)18-28-12-14-30-15-13-28/h6,8-9,16H,5,7,10-15,17-18H2,1-4H3,(H,26,29)(H2,24,25,27). The van der Waals surface area contributed by atoms with Gasteiger partial charge in [-0.3, -0.25) is 4.90 Å². The van der Waals surface area contributed by atoms with Crippen molar-refractivity contribution >= 4 is 12.1 Å². The largest absolute Gasteiger partial charge is 0.444 e. The summed E-state index contributed by atoms with van der Waals surface area (Å²) in [7, 11) is 0. The molecule has 2 rings (SSSR count). The van der Waals surface area contributed by atoms with E-state index in [1.807, 2.05) is 27.7 Å². The minimum Gasteiger partial charge on any atom is -0.444 e. The number of aliphatic imine (C=N–C) groups is 1. The summed E-state index contributed by atoms with van der Waals surface area (Å²) in [4.78, 5) is 18.8. The van der Waals surface area contributed by atoms with Gasteiger partial charge in [-0.2, -0.15) is 0 Å². The number of benzene rings is 1. The lowest BCUT2D eigenvalue weighted by Crippen LogP contribution is -2.39. The molecule has 0 saturated carbocycles. The molecule has 1 aromatic carbocycles. The Labute approximate surface area is 186 Å². The molecule has 31 heavy (non-hydrogen) atoms. The fourth-order valence-electron chi connectivity index (χ4n) is 3.16. The van der Waals surface area contributed by atoms with Crippen LogP contribution < -0.4 is 16.0 Å². The number of nitrogens with one attached hydrogen (secondary N) is 3. The van der Waals surface area contributed by atoms with Crippen LogP contribution in [0.3, 0.4) is 0 Å². The fourth-order valence-corrected chi connectivity index (χ4v) is 3.16. The highest BCUT2D eigenvalue weighted by Gasteiger charge is 2.15. The van der Waals surface area contributed by atoms with Crippen LogP contribution in [0, 0.1) is 0 Å². The molecule has 8 nitrogen and oxygen atoms in total. The van der Waals surface area contributed by atoms with Crippen LogP contribution in [0.5, 0.6) is 0 Å². The minimum absolute atomic E-state index is 0.384. The number of hydrogen-bond donors (Lipinski definition) is 3. The number of morpholine rings is 1. The third-order valence-corrected chi connectivity index (χ3v) is 4.58. The van der Waals surface area contributed by atoms with E-state index in [1.165, 1.54) is 11.1 Å². The van der Waals surface area contributed by atoms with E-state index in [-0.39, 0.29) is 6.09 Å². The second-order valence-corrected chi connectivity index (χ2v) is 8.61. The van der Waals surface area contributed by atoms with Crippen LogP contribution in [-0.2, 0) is 22.6 Å². The average molecular weight is 434 g/mol. The molecule has 1 aromatic rings. The van der Waals surface area contributed by atoms with Crippen LogP contribution in [0.2, 0.25) is 0 Å². The van der Waals surface area contributed by atoms with Gasteiger partial charge in [0.15, 0.2) is 5.96 Å². The Bertz CT molecular complexity index is 697. The summed E-state index contributed by atoms with van der Waals surface area (Å²) in [6.07, 6.45) is 0.392. The molecular weight excluding hydrogens is 394 g/mol. The molecule has 0 unspecified atom stereocenters. The number of hydrogen-bond acceptors (Lipinski definition) is 5. The molecule has 1 amide bonds. The van der Waals surface area contributed by atoms with Gasteiger partial charge in [0.25, 0.3) is 0 Å². The molecule has 0 spiro atoms. The lowest BCUT2D eigenvalue weighted by atomic mass is 10.1. The summed E-state index contributed by atoms with van der Waals surface area (Å²) in [5.74, 6) is 0.776. The summed E-state index contributed by atoms with van der Waals surface area (Å²) in [6, 6.07) is 8.61. The molecule has 0 atom stereocenters. The lowest BCUT2D eigenvalue weighted by molar-refractivity contribution is 0.0342. The van der Waals surface area contributed by atoms with E-state index in [2.05, 4.69) is 45.1 Å². The van der Waals surface area contributed by atoms with Gasteiger partial charge in [0.05, 0.1) is 19.8 Å². The molecule has 1 aliphatic rings. The van der Waals surface area contributed by atoms with Crippen molar-refractivity contribution in [2.45, 2.75) is 52.8 Å². The topological polar surface area (TPSA) is 87.2 Å². The third-order valence-electron chi connectivity index (χ3n) is 4.58. The van der Waals surface area contributed by atoms with Crippen molar-refractivity contribution in [1.82, 2.24) is 20.9 Å². The van der Waals surface area contributed by atoms with Crippen molar-refractivity contribution in [2.75, 3.05) is 45.9 Å². The zero-order chi connectivity index (χ0) is 22.5. The molecule has 0 aliphatic carbocycles. The van der Waals surface area contributed by atoms with E-state index in [1.54, 1.807) is 0 Å². The van der Waals surface area contributed by atoms with E-state index in [0.29, 0.717) is 19.6 Å². The van der Waals surface area contributed by atoms with Crippen LogP contribution in [-0.4, -0.2) is 68.5 Å². The first kappa shape index (κ1) is 24.9. The molecule has 1 saturated heterocycles. The quantitative estimate of drug-likeness (QED) is 0.315. The first-order chi connectivity index (χ1) is 14.9. The van der Waals surface area contributed by atoms with Crippen LogP contribution in [0.4, 0.5) is 4.79 Å². The Balaban J connectivity index is 1.76. The number of ether oxygens (including phenoxy) is 2. The summed E-state index contributed by atoms with van der Waals surface area (Å²) in [5, 5.41) is 9.36. The number of nitrogens with zero attached hydrogens (tertiary/aromatic N) is 2. The molecule has 0 radical (unpaired) electrons. The highest BCUT2D eigenvalue weighted by Crippen LogP contribution is 2.11. The number of carbonyl (C=O) groups is 1. The van der Waals surface area contributed by atoms with E-state index < -0.39 is 5.60 Å². The van der Waals surface area contributed by atoms with Crippen molar-refractivity contribution in [2.24, 2.45) is 4.99 Å². The van der Waals surface area contributed by atoms with Gasteiger partial charge in [0.2, 0.25) is 0 Å². The number of amides is 1. The number of carbonyl (C=O) groups excluding carboxylic acids is 1. The van der Waals surface area contributed by atoms with Gasteiger partial charge in [-0.1, -0.05) is 24.3 Å². The molecule has 1 fully saturated rings. The van der Waals surface area contributed by atoms with Gasteiger partial charge in [0.1, 0.15) is 5.60 Å². The maximum atomic E-state index is 11.7. The second-order valence-electron chi connectivity index (χ2n) is 8.61. The maximum Gasteiger partial charge on any atom is 0.407 e. The predicted molar refractivity (Wildman–Crippen MR) is 124 cm³/mol. The second kappa shape index (κ2) is 13.2. The zero-order valence-corrected chi connectivity index (χ0v) is 19.5. The average Bonchev–Trinajstić information content (AvgIpc) is 2.71. The molecule has 174 valence electrons. The Morgan fingerprint density at radius 1 is 1.13 bits per heavy atom. The Hall–Kier alpha value is -2.32. The molecule has 3 N–H and O–H groups in total. The SMILES string of the molecule is CCNC(=NCc1cccc(CN2CCOCC2)c1)NCCCNC(=O)OC(C)(C)C. The van der Waals surface area contributed by atoms with Crippen LogP contribution in [0.15, 0.2) is 29.3 Å². The Morgan fingerprint density at radius 2 is 1.84 bits per heavy atom. The summed E-state index contributed by atoms with van der Waals surface area (Å²) >= 11 is 0. The Morgan fingerprint density at radius 3 is 2.55 bits per heavy atom. The minimum atomic E-state index is -0.479. The van der Waals surface area contributed by atoms with Crippen molar-refractivity contribution < 1.29 is 14.3 Å². The lowest BCUT2D eigenvalue weighted by Gasteiger charge is -2.26. The van der Waals surface area contributed by atoms with Crippen LogP contribution in [0.25, 0.3) is 0 Å². The van der Waals surface area contributed by atoms with Crippen molar-refractivity contribution in [3.63, 3.8) is 0 Å². The molecule has 0 aromatic heterocycles. The van der Waals surface area contributed by atoms with E-state index >= 15 is 0 Å². The van der Waals surface area contributed by atoms with Gasteiger partial charge < -0.3 is 25.4 Å². The van der Waals surface area contributed by atoms with Gasteiger partial charge in [-0.05, 0) is 45.2 Å². The number of rotatable bonds is 9. The van der Waals surface area contributed by atoms with Crippen LogP contribution in [0.1, 0.15) is 45.2 Å². The molecule has 1 aliphatic heterocycles. The number of guanidine groups is 1. The molecular formula is C23H39N5O3. The van der Waals surface area contributed by atoms with Gasteiger partial charge >= 0.3 is 6.09 Å². The van der Waals surface area contributed by atoms with Crippen molar-refractivity contribution in [1.29, 1.82) is 0 Å². The highest BCUT2D eigenvalue weighted by atomic mass is 16.6. The third kappa shape index (κ3) is 11.0. The number of alkyl carbamates (subject to hydrolysis) is 1. The first-order valence-corrected chi connectivity index (χ1v) is 11.2. The van der Waals surface area contributed by atoms with E-state index in [4.69, 9.17) is 14.5 Å². The van der Waals surface area contributed by atoms with Gasteiger partial charge in [-0.25, -0.2) is 9.79 Å². The normalized spacial score (nSPS) is 15.4.